The third kappa shape index (κ3) is 3.30. The number of hydrogen-bond acceptors (Lipinski definition) is 2. The molecule has 12 heavy (non-hydrogen) atoms. The Hall–Kier alpha value is -0.445. The topological polar surface area (TPSA) is 57.5 Å². The van der Waals surface area contributed by atoms with Gasteiger partial charge >= 0.3 is 35.5 Å². The molecule has 0 aliphatic rings. The first kappa shape index (κ1) is 14.1. The van der Waals surface area contributed by atoms with E-state index in [0.29, 0.717) is 0 Å². The second-order valence-electron chi connectivity index (χ2n) is 1.82. The van der Waals surface area contributed by atoms with Crippen LogP contribution in [0, 0.1) is 0 Å². The molecule has 0 bridgehead atoms. The number of carbonyl (C=O) groups is 1. The fraction of sp³-hybridized carbons (Fsp3) is 0. The first-order valence-electron chi connectivity index (χ1n) is 2.73. The fourth-order valence-corrected chi connectivity index (χ4v) is 0.654. The second kappa shape index (κ2) is 6.11. The first-order chi connectivity index (χ1) is 4.72. The van der Waals surface area contributed by atoms with E-state index in [0.717, 1.165) is 0 Å². The van der Waals surface area contributed by atoms with Crippen molar-refractivity contribution in [3.8, 4) is 5.75 Å². The molecule has 0 amide bonds. The first-order valence-corrected chi connectivity index (χ1v) is 2.73. The van der Waals surface area contributed by atoms with Crippen LogP contribution in [0.3, 0.4) is 0 Å². The molecule has 1 aromatic rings. The molecule has 0 aliphatic carbocycles. The van der Waals surface area contributed by atoms with E-state index in [1.807, 2.05) is 0 Å². The molecule has 0 aromatic heterocycles. The van der Waals surface area contributed by atoms with Crippen molar-refractivity contribution in [3.05, 3.63) is 29.8 Å². The molecule has 3 nitrogen and oxygen atoms in total. The number of aromatic carboxylic acids is 1. The molecule has 5 heteroatoms. The van der Waals surface area contributed by atoms with E-state index < -0.39 is 5.97 Å². The van der Waals surface area contributed by atoms with Gasteiger partial charge in [-0.05, 0) is 12.1 Å². The van der Waals surface area contributed by atoms with Gasteiger partial charge in [0.1, 0.15) is 11.3 Å². The van der Waals surface area contributed by atoms with Gasteiger partial charge in [-0.3, -0.25) is 0 Å². The molecule has 60 valence electrons. The Morgan fingerprint density at radius 3 is 2.08 bits per heavy atom. The van der Waals surface area contributed by atoms with Crippen LogP contribution in [0.1, 0.15) is 10.4 Å². The summed E-state index contributed by atoms with van der Waals surface area (Å²) in [6, 6.07) is 5.81. The Balaban J connectivity index is 0. The van der Waals surface area contributed by atoms with Gasteiger partial charge in [0.2, 0.25) is 0 Å². The van der Waals surface area contributed by atoms with Crippen molar-refractivity contribution >= 4 is 43.9 Å². The molecule has 0 unspecified atom stereocenters. The number of rotatable bonds is 1. The number of aromatic hydroxyl groups is 1. The van der Waals surface area contributed by atoms with Gasteiger partial charge in [0.25, 0.3) is 0 Å². The number of carboxylic acids is 1. The summed E-state index contributed by atoms with van der Waals surface area (Å²) in [7, 11) is 0. The summed E-state index contributed by atoms with van der Waals surface area (Å²) >= 11 is 0. The monoisotopic (exact) mass is 176 g/mol. The molecule has 0 aliphatic heterocycles. The predicted molar refractivity (Wildman–Crippen MR) is 52.2 cm³/mol. The van der Waals surface area contributed by atoms with Crippen molar-refractivity contribution in [3.63, 3.8) is 0 Å². The van der Waals surface area contributed by atoms with Crippen LogP contribution in [0.2, 0.25) is 0 Å². The van der Waals surface area contributed by atoms with E-state index in [1.165, 1.54) is 12.1 Å². The minimum absolute atomic E-state index is 0. The molecule has 0 saturated carbocycles. The Labute approximate surface area is 94.3 Å². The molecule has 1 aromatic carbocycles. The van der Waals surface area contributed by atoms with Crippen LogP contribution in [0.15, 0.2) is 24.3 Å². The maximum atomic E-state index is 10.3. The van der Waals surface area contributed by atoms with Crippen molar-refractivity contribution in [2.45, 2.75) is 0 Å². The van der Waals surface area contributed by atoms with Crippen LogP contribution < -0.4 is 0 Å². The molecule has 1 rings (SSSR count). The van der Waals surface area contributed by atoms with Crippen LogP contribution in [-0.4, -0.2) is 54.2 Å². The molecule has 0 spiro atoms. The van der Waals surface area contributed by atoms with E-state index in [9.17, 15) is 4.79 Å². The summed E-state index contributed by atoms with van der Waals surface area (Å²) in [5.41, 5.74) is -0.0671. The van der Waals surface area contributed by atoms with Crippen molar-refractivity contribution in [1.82, 2.24) is 0 Å². The van der Waals surface area contributed by atoms with Gasteiger partial charge in [-0.2, -0.15) is 0 Å². The van der Waals surface area contributed by atoms with E-state index in [4.69, 9.17) is 10.2 Å². The number of para-hydroxylation sites is 1. The number of carboxylic acid groups (broad SMARTS) is 1. The van der Waals surface area contributed by atoms with E-state index in [1.54, 1.807) is 12.1 Å². The Morgan fingerprint density at radius 2 is 1.75 bits per heavy atom. The quantitative estimate of drug-likeness (QED) is 0.554. The molecule has 0 atom stereocenters. The Bertz CT molecular complexity index is 265. The molecule has 0 saturated heterocycles. The van der Waals surface area contributed by atoms with Crippen LogP contribution >= 0.6 is 0 Å². The number of benzene rings is 1. The van der Waals surface area contributed by atoms with Crippen LogP contribution in [0.4, 0.5) is 0 Å². The third-order valence-electron chi connectivity index (χ3n) is 1.13. The third-order valence-corrected chi connectivity index (χ3v) is 1.13. The molecular formula is C7H10BNaO3. The maximum absolute atomic E-state index is 10.3. The summed E-state index contributed by atoms with van der Waals surface area (Å²) in [5, 5.41) is 17.3. The Morgan fingerprint density at radius 1 is 1.25 bits per heavy atom. The van der Waals surface area contributed by atoms with Gasteiger partial charge in [-0.25, -0.2) is 4.79 Å². The average molecular weight is 176 g/mol. The van der Waals surface area contributed by atoms with Gasteiger partial charge in [0, 0.05) is 0 Å². The molecule has 0 heterocycles. The normalized spacial score (nSPS) is 7.67. The van der Waals surface area contributed by atoms with Crippen molar-refractivity contribution in [2.24, 2.45) is 0 Å². The summed E-state index contributed by atoms with van der Waals surface area (Å²) in [6.45, 7) is 0. The fourth-order valence-electron chi connectivity index (χ4n) is 0.654. The SMILES string of the molecule is B.O=C(O)c1ccccc1O.[NaH]. The number of hydrogen-bond donors (Lipinski definition) is 2. The second-order valence-corrected chi connectivity index (χ2v) is 1.82. The van der Waals surface area contributed by atoms with Crippen molar-refractivity contribution < 1.29 is 15.0 Å². The van der Waals surface area contributed by atoms with Crippen LogP contribution in [-0.2, 0) is 0 Å². The molecule has 0 radical (unpaired) electrons. The van der Waals surface area contributed by atoms with Gasteiger partial charge in [-0.15, -0.1) is 0 Å². The standard InChI is InChI=1S/C7H6O3.BH3.Na.H/c8-6-4-2-1-3-5(6)7(9)10;;;/h1-4,8H,(H,9,10);1H3;;. The van der Waals surface area contributed by atoms with Crippen molar-refractivity contribution in [1.29, 1.82) is 0 Å². The zero-order valence-corrected chi connectivity index (χ0v) is 5.11. The average Bonchev–Trinajstić information content (AvgIpc) is 1.88. The van der Waals surface area contributed by atoms with Crippen LogP contribution in [0.25, 0.3) is 0 Å². The molecule has 0 fully saturated rings. The summed E-state index contributed by atoms with van der Waals surface area (Å²) < 4.78 is 0. The van der Waals surface area contributed by atoms with Gasteiger partial charge < -0.3 is 10.2 Å². The molecular weight excluding hydrogens is 166 g/mol. The van der Waals surface area contributed by atoms with Gasteiger partial charge in [-0.1, -0.05) is 12.1 Å². The van der Waals surface area contributed by atoms with E-state index in [2.05, 4.69) is 0 Å². The van der Waals surface area contributed by atoms with Crippen molar-refractivity contribution in [2.75, 3.05) is 0 Å². The van der Waals surface area contributed by atoms with Crippen LogP contribution in [0.5, 0.6) is 5.75 Å². The van der Waals surface area contributed by atoms with E-state index >= 15 is 0 Å². The zero-order chi connectivity index (χ0) is 7.56. The summed E-state index contributed by atoms with van der Waals surface area (Å²) in [6.07, 6.45) is 0. The number of phenols is 1. The minimum atomic E-state index is -1.11. The predicted octanol–water partition coefficient (Wildman–Crippen LogP) is -0.742. The summed E-state index contributed by atoms with van der Waals surface area (Å²) in [5.74, 6) is -1.31. The van der Waals surface area contributed by atoms with Gasteiger partial charge in [0.15, 0.2) is 0 Å². The zero-order valence-electron chi connectivity index (χ0n) is 5.11. The summed E-state index contributed by atoms with van der Waals surface area (Å²) in [4.78, 5) is 10.3. The van der Waals surface area contributed by atoms with E-state index in [-0.39, 0.29) is 49.3 Å². The van der Waals surface area contributed by atoms with Gasteiger partial charge in [0.05, 0.1) is 8.41 Å². The molecule has 2 N–H and O–H groups in total. The Kier molecular flexibility index (Phi) is 7.18.